The van der Waals surface area contributed by atoms with Crippen molar-refractivity contribution in [3.05, 3.63) is 52.4 Å². The van der Waals surface area contributed by atoms with Gasteiger partial charge in [0.25, 0.3) is 0 Å². The van der Waals surface area contributed by atoms with E-state index in [1.807, 2.05) is 13.8 Å². The average Bonchev–Trinajstić information content (AvgIpc) is 3.05. The Morgan fingerprint density at radius 3 is 2.66 bits per heavy atom. The van der Waals surface area contributed by atoms with Crippen molar-refractivity contribution in [1.29, 1.82) is 0 Å². The SMILES string of the molecule is CCNC(=NCC1CCCOC1c1ccc(C)cc1)NCCc1c(C)noc1C. The molecule has 1 aromatic carbocycles. The first-order valence-corrected chi connectivity index (χ1v) is 10.7. The molecule has 0 aliphatic carbocycles. The number of aliphatic imine (C=N–C) groups is 1. The Kier molecular flexibility index (Phi) is 7.69. The number of aromatic nitrogens is 1. The highest BCUT2D eigenvalue weighted by atomic mass is 16.5. The van der Waals surface area contributed by atoms with Crippen LogP contribution in [-0.4, -0.2) is 37.4 Å². The lowest BCUT2D eigenvalue weighted by atomic mass is 9.89. The third-order valence-electron chi connectivity index (χ3n) is 5.53. The normalized spacial score (nSPS) is 19.9. The molecule has 0 amide bonds. The minimum absolute atomic E-state index is 0.123. The fourth-order valence-electron chi connectivity index (χ4n) is 3.87. The molecular formula is C23H34N4O2. The van der Waals surface area contributed by atoms with Gasteiger partial charge in [-0.2, -0.15) is 0 Å². The van der Waals surface area contributed by atoms with Gasteiger partial charge in [0, 0.05) is 37.7 Å². The largest absolute Gasteiger partial charge is 0.373 e. The van der Waals surface area contributed by atoms with Crippen molar-refractivity contribution < 1.29 is 9.26 Å². The van der Waals surface area contributed by atoms with Crippen LogP contribution in [0.25, 0.3) is 0 Å². The smallest absolute Gasteiger partial charge is 0.191 e. The lowest BCUT2D eigenvalue weighted by Crippen LogP contribution is -2.39. The van der Waals surface area contributed by atoms with Crippen LogP contribution in [0.2, 0.25) is 0 Å². The number of rotatable bonds is 7. The molecule has 2 heterocycles. The summed E-state index contributed by atoms with van der Waals surface area (Å²) in [5.41, 5.74) is 4.67. The topological polar surface area (TPSA) is 71.7 Å². The van der Waals surface area contributed by atoms with Gasteiger partial charge in [0.2, 0.25) is 0 Å². The zero-order valence-electron chi connectivity index (χ0n) is 18.1. The number of nitrogens with zero attached hydrogens (tertiary/aromatic N) is 2. The fourth-order valence-corrected chi connectivity index (χ4v) is 3.87. The molecule has 2 aromatic rings. The van der Waals surface area contributed by atoms with Gasteiger partial charge >= 0.3 is 0 Å². The summed E-state index contributed by atoms with van der Waals surface area (Å²) in [6.07, 6.45) is 3.22. The first kappa shape index (κ1) is 21.4. The van der Waals surface area contributed by atoms with Gasteiger partial charge in [0.15, 0.2) is 5.96 Å². The van der Waals surface area contributed by atoms with E-state index in [0.29, 0.717) is 5.92 Å². The Balaban J connectivity index is 1.60. The van der Waals surface area contributed by atoms with Crippen molar-refractivity contribution in [3.63, 3.8) is 0 Å². The second-order valence-corrected chi connectivity index (χ2v) is 7.80. The maximum absolute atomic E-state index is 6.14. The van der Waals surface area contributed by atoms with Gasteiger partial charge in [-0.25, -0.2) is 0 Å². The quantitative estimate of drug-likeness (QED) is 0.547. The van der Waals surface area contributed by atoms with Crippen molar-refractivity contribution >= 4 is 5.96 Å². The molecule has 1 aromatic heterocycles. The summed E-state index contributed by atoms with van der Waals surface area (Å²) in [5, 5.41) is 10.8. The van der Waals surface area contributed by atoms with Crippen molar-refractivity contribution in [3.8, 4) is 0 Å². The van der Waals surface area contributed by atoms with Crippen LogP contribution >= 0.6 is 0 Å². The predicted molar refractivity (Wildman–Crippen MR) is 116 cm³/mol. The van der Waals surface area contributed by atoms with Crippen molar-refractivity contribution in [2.75, 3.05) is 26.2 Å². The molecule has 2 atom stereocenters. The van der Waals surface area contributed by atoms with Gasteiger partial charge in [-0.15, -0.1) is 0 Å². The van der Waals surface area contributed by atoms with Gasteiger partial charge < -0.3 is 19.9 Å². The van der Waals surface area contributed by atoms with Gasteiger partial charge in [-0.1, -0.05) is 35.0 Å². The van der Waals surface area contributed by atoms with E-state index in [9.17, 15) is 0 Å². The minimum Gasteiger partial charge on any atom is -0.373 e. The van der Waals surface area contributed by atoms with Gasteiger partial charge in [-0.05, 0) is 52.5 Å². The number of ether oxygens (including phenoxy) is 1. The third-order valence-corrected chi connectivity index (χ3v) is 5.53. The summed E-state index contributed by atoms with van der Waals surface area (Å²) in [7, 11) is 0. The molecule has 29 heavy (non-hydrogen) atoms. The molecule has 6 nitrogen and oxygen atoms in total. The summed E-state index contributed by atoms with van der Waals surface area (Å²) in [6.45, 7) is 11.3. The molecule has 0 bridgehead atoms. The van der Waals surface area contributed by atoms with E-state index in [2.05, 4.69) is 53.9 Å². The molecule has 1 saturated heterocycles. The number of aryl methyl sites for hydroxylation is 3. The van der Waals surface area contributed by atoms with Gasteiger partial charge in [0.05, 0.1) is 11.8 Å². The number of hydrogen-bond donors (Lipinski definition) is 2. The first-order chi connectivity index (χ1) is 14.1. The number of nitrogens with one attached hydrogen (secondary N) is 2. The van der Waals surface area contributed by atoms with Crippen molar-refractivity contribution in [1.82, 2.24) is 15.8 Å². The van der Waals surface area contributed by atoms with Crippen LogP contribution in [0.4, 0.5) is 0 Å². The monoisotopic (exact) mass is 398 g/mol. The Morgan fingerprint density at radius 2 is 1.97 bits per heavy atom. The second kappa shape index (κ2) is 10.4. The molecule has 158 valence electrons. The lowest BCUT2D eigenvalue weighted by Gasteiger charge is -2.31. The fraction of sp³-hybridized carbons (Fsp3) is 0.565. The van der Waals surface area contributed by atoms with Crippen LogP contribution in [0.3, 0.4) is 0 Å². The Hall–Kier alpha value is -2.34. The predicted octanol–water partition coefficient (Wildman–Crippen LogP) is 3.87. The van der Waals surface area contributed by atoms with E-state index in [1.165, 1.54) is 16.7 Å². The molecule has 0 spiro atoms. The molecule has 1 aliphatic heterocycles. The third kappa shape index (κ3) is 5.82. The molecule has 1 fully saturated rings. The van der Waals surface area contributed by atoms with E-state index in [4.69, 9.17) is 14.3 Å². The van der Waals surface area contributed by atoms with Gasteiger partial charge in [-0.3, -0.25) is 4.99 Å². The second-order valence-electron chi connectivity index (χ2n) is 7.80. The van der Waals surface area contributed by atoms with Crippen molar-refractivity contribution in [2.45, 2.75) is 53.1 Å². The molecule has 2 unspecified atom stereocenters. The highest BCUT2D eigenvalue weighted by Gasteiger charge is 2.27. The van der Waals surface area contributed by atoms with Crippen LogP contribution < -0.4 is 10.6 Å². The zero-order valence-corrected chi connectivity index (χ0v) is 18.1. The Bertz CT molecular complexity index is 778. The van der Waals surface area contributed by atoms with Crippen molar-refractivity contribution in [2.24, 2.45) is 10.9 Å². The summed E-state index contributed by atoms with van der Waals surface area (Å²) in [4.78, 5) is 4.87. The maximum Gasteiger partial charge on any atom is 0.191 e. The number of guanidine groups is 1. The number of benzene rings is 1. The van der Waals surface area contributed by atoms with Crippen LogP contribution in [0.1, 0.15) is 54.0 Å². The van der Waals surface area contributed by atoms with Crippen LogP contribution in [0, 0.1) is 26.7 Å². The highest BCUT2D eigenvalue weighted by molar-refractivity contribution is 5.79. The summed E-state index contributed by atoms with van der Waals surface area (Å²) < 4.78 is 11.4. The van der Waals surface area contributed by atoms with E-state index in [0.717, 1.165) is 62.9 Å². The Labute approximate surface area is 174 Å². The van der Waals surface area contributed by atoms with E-state index < -0.39 is 0 Å². The average molecular weight is 399 g/mol. The lowest BCUT2D eigenvalue weighted by molar-refractivity contribution is -0.0250. The zero-order chi connectivity index (χ0) is 20.6. The van der Waals surface area contributed by atoms with Crippen LogP contribution in [0.5, 0.6) is 0 Å². The molecular weight excluding hydrogens is 364 g/mol. The van der Waals surface area contributed by atoms with E-state index in [-0.39, 0.29) is 6.10 Å². The molecule has 3 rings (SSSR count). The van der Waals surface area contributed by atoms with E-state index in [1.54, 1.807) is 0 Å². The van der Waals surface area contributed by atoms with Crippen LogP contribution in [0.15, 0.2) is 33.8 Å². The minimum atomic E-state index is 0.123. The molecule has 0 radical (unpaired) electrons. The summed E-state index contributed by atoms with van der Waals surface area (Å²) in [6, 6.07) is 8.70. The summed E-state index contributed by atoms with van der Waals surface area (Å²) >= 11 is 0. The maximum atomic E-state index is 6.14. The first-order valence-electron chi connectivity index (χ1n) is 10.7. The molecule has 0 saturated carbocycles. The standard InChI is InChI=1S/C23H34N4O2/c1-5-24-23(25-13-12-21-17(3)27-29-18(21)4)26-15-20-7-6-14-28-22(20)19-10-8-16(2)9-11-19/h8-11,20,22H,5-7,12-15H2,1-4H3,(H2,24,25,26). The molecule has 2 N–H and O–H groups in total. The highest BCUT2D eigenvalue weighted by Crippen LogP contribution is 2.33. The summed E-state index contributed by atoms with van der Waals surface area (Å²) in [5.74, 6) is 2.14. The van der Waals surface area contributed by atoms with Gasteiger partial charge in [0.1, 0.15) is 5.76 Å². The number of hydrogen-bond acceptors (Lipinski definition) is 4. The van der Waals surface area contributed by atoms with Crippen LogP contribution in [-0.2, 0) is 11.2 Å². The Morgan fingerprint density at radius 1 is 1.17 bits per heavy atom. The van der Waals surface area contributed by atoms with E-state index >= 15 is 0 Å². The molecule has 6 heteroatoms. The molecule has 1 aliphatic rings.